The van der Waals surface area contributed by atoms with Crippen LogP contribution in [0, 0.1) is 24.2 Å². The third-order valence-corrected chi connectivity index (χ3v) is 2.85. The number of aliphatic carboxylic acids is 1. The Bertz CT molecular complexity index is 396. The van der Waals surface area contributed by atoms with Gasteiger partial charge in [0, 0.05) is 0 Å². The van der Waals surface area contributed by atoms with Gasteiger partial charge in [-0.05, 0) is 12.3 Å². The monoisotopic (exact) mass is 250 g/mol. The molecule has 0 aromatic heterocycles. The number of rotatable bonds is 4. The van der Waals surface area contributed by atoms with Gasteiger partial charge in [-0.25, -0.2) is 4.79 Å². The fourth-order valence-corrected chi connectivity index (χ4v) is 1.74. The van der Waals surface area contributed by atoms with Crippen LogP contribution in [0.4, 0.5) is 4.79 Å². The molecule has 0 saturated heterocycles. The molecule has 0 aromatic rings. The zero-order valence-corrected chi connectivity index (χ0v) is 10.5. The SMILES string of the molecule is C#CC(NC(=O)NC1C=CC(C(=O)O)C1)C(C)C. The van der Waals surface area contributed by atoms with Crippen LogP contribution in [0.25, 0.3) is 0 Å². The highest BCUT2D eigenvalue weighted by Gasteiger charge is 2.25. The molecule has 5 heteroatoms. The summed E-state index contributed by atoms with van der Waals surface area (Å²) in [5, 5.41) is 14.2. The molecule has 0 aromatic carbocycles. The molecular formula is C13H18N2O3. The predicted molar refractivity (Wildman–Crippen MR) is 67.8 cm³/mol. The van der Waals surface area contributed by atoms with Crippen molar-refractivity contribution < 1.29 is 14.7 Å². The molecule has 0 radical (unpaired) electrons. The van der Waals surface area contributed by atoms with E-state index in [1.54, 1.807) is 12.2 Å². The largest absolute Gasteiger partial charge is 0.481 e. The quantitative estimate of drug-likeness (QED) is 0.514. The lowest BCUT2D eigenvalue weighted by Crippen LogP contribution is -2.46. The molecule has 18 heavy (non-hydrogen) atoms. The number of urea groups is 1. The first-order valence-corrected chi connectivity index (χ1v) is 5.88. The fraction of sp³-hybridized carbons (Fsp3) is 0.538. The number of carbonyl (C=O) groups is 2. The number of carboxylic acids is 1. The Kier molecular flexibility index (Phi) is 4.78. The van der Waals surface area contributed by atoms with Gasteiger partial charge in [-0.2, -0.15) is 0 Å². The number of amides is 2. The van der Waals surface area contributed by atoms with Gasteiger partial charge in [-0.3, -0.25) is 4.79 Å². The molecule has 0 fully saturated rings. The summed E-state index contributed by atoms with van der Waals surface area (Å²) < 4.78 is 0. The van der Waals surface area contributed by atoms with Crippen LogP contribution < -0.4 is 10.6 Å². The summed E-state index contributed by atoms with van der Waals surface area (Å²) in [5.74, 6) is 1.25. The Hall–Kier alpha value is -1.96. The van der Waals surface area contributed by atoms with Crippen molar-refractivity contribution in [3.05, 3.63) is 12.2 Å². The van der Waals surface area contributed by atoms with Crippen molar-refractivity contribution in [2.45, 2.75) is 32.4 Å². The fourth-order valence-electron chi connectivity index (χ4n) is 1.74. The van der Waals surface area contributed by atoms with Crippen molar-refractivity contribution in [3.63, 3.8) is 0 Å². The molecule has 5 nitrogen and oxygen atoms in total. The molecule has 3 unspecified atom stereocenters. The molecule has 0 spiro atoms. The first-order valence-electron chi connectivity index (χ1n) is 5.88. The van der Waals surface area contributed by atoms with E-state index in [1.165, 1.54) is 0 Å². The van der Waals surface area contributed by atoms with Gasteiger partial charge in [0.2, 0.25) is 0 Å². The Labute approximate surface area is 107 Å². The summed E-state index contributed by atoms with van der Waals surface area (Å²) >= 11 is 0. The molecule has 0 aliphatic heterocycles. The zero-order valence-electron chi connectivity index (χ0n) is 10.5. The van der Waals surface area contributed by atoms with E-state index in [4.69, 9.17) is 11.5 Å². The Balaban J connectivity index is 2.41. The van der Waals surface area contributed by atoms with E-state index in [0.717, 1.165) is 0 Å². The summed E-state index contributed by atoms with van der Waals surface area (Å²) in [6.45, 7) is 3.83. The molecule has 3 atom stereocenters. The second-order valence-electron chi connectivity index (χ2n) is 4.68. The van der Waals surface area contributed by atoms with Crippen molar-refractivity contribution in [2.75, 3.05) is 0 Å². The van der Waals surface area contributed by atoms with Crippen LogP contribution in [0.2, 0.25) is 0 Å². The van der Waals surface area contributed by atoms with Crippen LogP contribution in [0.3, 0.4) is 0 Å². The number of nitrogens with one attached hydrogen (secondary N) is 2. The van der Waals surface area contributed by atoms with Gasteiger partial charge >= 0.3 is 12.0 Å². The van der Waals surface area contributed by atoms with Crippen LogP contribution >= 0.6 is 0 Å². The molecule has 0 heterocycles. The van der Waals surface area contributed by atoms with Crippen LogP contribution in [0.15, 0.2) is 12.2 Å². The molecule has 3 N–H and O–H groups in total. The second kappa shape index (κ2) is 6.10. The maximum absolute atomic E-state index is 11.7. The number of hydrogen-bond donors (Lipinski definition) is 3. The van der Waals surface area contributed by atoms with E-state index in [-0.39, 0.29) is 24.0 Å². The van der Waals surface area contributed by atoms with E-state index >= 15 is 0 Å². The minimum absolute atomic E-state index is 0.145. The molecule has 1 aliphatic carbocycles. The summed E-state index contributed by atoms with van der Waals surface area (Å²) in [6, 6.07) is -0.949. The number of hydrogen-bond acceptors (Lipinski definition) is 2. The third-order valence-electron chi connectivity index (χ3n) is 2.85. The minimum atomic E-state index is -0.875. The lowest BCUT2D eigenvalue weighted by atomic mass is 10.1. The highest BCUT2D eigenvalue weighted by molar-refractivity contribution is 5.76. The predicted octanol–water partition coefficient (Wildman–Crippen LogP) is 0.973. The Morgan fingerprint density at radius 3 is 2.56 bits per heavy atom. The molecule has 2 amide bonds. The highest BCUT2D eigenvalue weighted by Crippen LogP contribution is 2.17. The van der Waals surface area contributed by atoms with Crippen molar-refractivity contribution in [1.29, 1.82) is 0 Å². The van der Waals surface area contributed by atoms with E-state index in [9.17, 15) is 9.59 Å². The smallest absolute Gasteiger partial charge is 0.316 e. The maximum atomic E-state index is 11.7. The first-order chi connectivity index (χ1) is 8.43. The van der Waals surface area contributed by atoms with Crippen molar-refractivity contribution in [3.8, 4) is 12.3 Å². The van der Waals surface area contributed by atoms with Gasteiger partial charge in [0.15, 0.2) is 0 Å². The molecular weight excluding hydrogens is 232 g/mol. The van der Waals surface area contributed by atoms with Crippen LogP contribution in [-0.4, -0.2) is 29.2 Å². The average molecular weight is 250 g/mol. The van der Waals surface area contributed by atoms with Gasteiger partial charge in [0.05, 0.1) is 18.0 Å². The van der Waals surface area contributed by atoms with Crippen molar-refractivity contribution in [1.82, 2.24) is 10.6 Å². The number of carboxylic acid groups (broad SMARTS) is 1. The van der Waals surface area contributed by atoms with Gasteiger partial charge in [0.25, 0.3) is 0 Å². The van der Waals surface area contributed by atoms with Crippen LogP contribution in [-0.2, 0) is 4.79 Å². The summed E-state index contributed by atoms with van der Waals surface area (Å²) in [7, 11) is 0. The van der Waals surface area contributed by atoms with E-state index in [2.05, 4.69) is 16.6 Å². The van der Waals surface area contributed by atoms with E-state index in [1.807, 2.05) is 13.8 Å². The van der Waals surface area contributed by atoms with Crippen molar-refractivity contribution >= 4 is 12.0 Å². The molecule has 98 valence electrons. The summed E-state index contributed by atoms with van der Waals surface area (Å²) in [5.41, 5.74) is 0. The third kappa shape index (κ3) is 3.81. The standard InChI is InChI=1S/C13H18N2O3/c1-4-11(8(2)3)15-13(18)14-10-6-5-9(7-10)12(16)17/h1,5-6,8-11H,7H2,2-3H3,(H,16,17)(H2,14,15,18). The first kappa shape index (κ1) is 14.1. The van der Waals surface area contributed by atoms with E-state index < -0.39 is 11.9 Å². The zero-order chi connectivity index (χ0) is 13.7. The van der Waals surface area contributed by atoms with Gasteiger partial charge in [-0.1, -0.05) is 31.9 Å². The van der Waals surface area contributed by atoms with Crippen LogP contribution in [0.5, 0.6) is 0 Å². The van der Waals surface area contributed by atoms with Gasteiger partial charge < -0.3 is 15.7 Å². The van der Waals surface area contributed by atoms with Crippen molar-refractivity contribution in [2.24, 2.45) is 11.8 Å². The summed E-state index contributed by atoms with van der Waals surface area (Å²) in [4.78, 5) is 22.4. The Morgan fingerprint density at radius 1 is 1.44 bits per heavy atom. The maximum Gasteiger partial charge on any atom is 0.316 e. The van der Waals surface area contributed by atoms with Gasteiger partial charge in [-0.15, -0.1) is 6.42 Å². The topological polar surface area (TPSA) is 78.4 Å². The molecule has 0 saturated carbocycles. The molecule has 0 bridgehead atoms. The van der Waals surface area contributed by atoms with E-state index in [0.29, 0.717) is 6.42 Å². The highest BCUT2D eigenvalue weighted by atomic mass is 16.4. The second-order valence-corrected chi connectivity index (χ2v) is 4.68. The summed E-state index contributed by atoms with van der Waals surface area (Å²) in [6.07, 6.45) is 8.97. The number of terminal acetylenes is 1. The lowest BCUT2D eigenvalue weighted by molar-refractivity contribution is -0.140. The normalized spacial score (nSPS) is 23.4. The Morgan fingerprint density at radius 2 is 2.11 bits per heavy atom. The number of carbonyl (C=O) groups excluding carboxylic acids is 1. The molecule has 1 rings (SSSR count). The lowest BCUT2D eigenvalue weighted by Gasteiger charge is -2.19. The van der Waals surface area contributed by atoms with Crippen LogP contribution in [0.1, 0.15) is 20.3 Å². The van der Waals surface area contributed by atoms with Gasteiger partial charge in [0.1, 0.15) is 0 Å². The molecule has 1 aliphatic rings. The average Bonchev–Trinajstić information content (AvgIpc) is 2.74. The minimum Gasteiger partial charge on any atom is -0.481 e.